The second-order valence-electron chi connectivity index (χ2n) is 3.88. The van der Waals surface area contributed by atoms with Gasteiger partial charge in [0.05, 0.1) is 5.69 Å². The summed E-state index contributed by atoms with van der Waals surface area (Å²) in [5.74, 6) is -0.342. The molecule has 0 aliphatic heterocycles. The van der Waals surface area contributed by atoms with Crippen molar-refractivity contribution >= 4 is 5.84 Å². The minimum Gasteiger partial charge on any atom is -0.409 e. The van der Waals surface area contributed by atoms with Crippen LogP contribution >= 0.6 is 0 Å². The first kappa shape index (κ1) is 12.6. The van der Waals surface area contributed by atoms with E-state index in [1.165, 1.54) is 17.8 Å². The highest BCUT2D eigenvalue weighted by atomic mass is 16.4. The van der Waals surface area contributed by atoms with Crippen LogP contribution in [0, 0.1) is 0 Å². The third kappa shape index (κ3) is 2.13. The van der Waals surface area contributed by atoms with Gasteiger partial charge in [-0.3, -0.25) is 13.9 Å². The molecule has 0 radical (unpaired) electrons. The smallest absolute Gasteiger partial charge is 0.335 e. The van der Waals surface area contributed by atoms with Crippen molar-refractivity contribution in [3.8, 4) is 5.69 Å². The van der Waals surface area contributed by atoms with Crippen molar-refractivity contribution in [1.82, 2.24) is 9.13 Å². The number of oxime groups is 1. The summed E-state index contributed by atoms with van der Waals surface area (Å²) in [6.07, 6.45) is 1.26. The van der Waals surface area contributed by atoms with Gasteiger partial charge in [-0.15, -0.1) is 0 Å². The number of aromatic nitrogens is 2. The number of nitrogens with two attached hydrogens (primary N) is 1. The van der Waals surface area contributed by atoms with Crippen molar-refractivity contribution in [3.05, 3.63) is 62.9 Å². The molecule has 7 nitrogen and oxygen atoms in total. The van der Waals surface area contributed by atoms with Crippen LogP contribution in [-0.4, -0.2) is 20.2 Å². The summed E-state index contributed by atoms with van der Waals surface area (Å²) in [4.78, 5) is 23.9. The van der Waals surface area contributed by atoms with E-state index in [9.17, 15) is 9.59 Å². The van der Waals surface area contributed by atoms with Crippen LogP contribution in [0.4, 0.5) is 0 Å². The molecule has 0 atom stereocenters. The first-order valence-electron chi connectivity index (χ1n) is 5.42. The number of hydrogen-bond donors (Lipinski definition) is 2. The van der Waals surface area contributed by atoms with Crippen molar-refractivity contribution in [2.24, 2.45) is 17.9 Å². The summed E-state index contributed by atoms with van der Waals surface area (Å²) in [7, 11) is 1.33. The lowest BCUT2D eigenvalue weighted by Gasteiger charge is -2.09. The van der Waals surface area contributed by atoms with E-state index >= 15 is 0 Å². The second-order valence-corrected chi connectivity index (χ2v) is 3.88. The van der Waals surface area contributed by atoms with Gasteiger partial charge in [0.15, 0.2) is 5.84 Å². The highest BCUT2D eigenvalue weighted by Gasteiger charge is 2.12. The van der Waals surface area contributed by atoms with Crippen LogP contribution in [0.1, 0.15) is 5.56 Å². The third-order valence-corrected chi connectivity index (χ3v) is 2.70. The third-order valence-electron chi connectivity index (χ3n) is 2.70. The number of hydrogen-bond acceptors (Lipinski definition) is 4. The van der Waals surface area contributed by atoms with Crippen LogP contribution in [0.25, 0.3) is 5.69 Å². The lowest BCUT2D eigenvalue weighted by atomic mass is 10.3. The molecule has 0 saturated heterocycles. The average Bonchev–Trinajstić information content (AvgIpc) is 2.45. The topological polar surface area (TPSA) is 103 Å². The Morgan fingerprint density at radius 1 is 1.26 bits per heavy atom. The molecule has 0 fully saturated rings. The van der Waals surface area contributed by atoms with Gasteiger partial charge in [0.2, 0.25) is 0 Å². The number of benzene rings is 1. The number of nitrogens with zero attached hydrogens (tertiary/aromatic N) is 3. The first-order valence-corrected chi connectivity index (χ1v) is 5.42. The molecule has 0 aliphatic carbocycles. The maximum absolute atomic E-state index is 12.0. The first-order chi connectivity index (χ1) is 9.06. The average molecular weight is 260 g/mol. The SMILES string of the molecule is Cn1c(=O)c(C(N)=NO)cn(-c2ccccc2)c1=O. The van der Waals surface area contributed by atoms with Gasteiger partial charge in [-0.1, -0.05) is 23.4 Å². The Labute approximate surface area is 107 Å². The van der Waals surface area contributed by atoms with Gasteiger partial charge in [-0.25, -0.2) is 4.79 Å². The predicted octanol–water partition coefficient (Wildman–Crippen LogP) is -0.369. The zero-order chi connectivity index (χ0) is 14.0. The molecule has 1 aromatic heterocycles. The molecule has 0 amide bonds. The van der Waals surface area contributed by atoms with E-state index in [2.05, 4.69) is 5.16 Å². The minimum atomic E-state index is -0.618. The van der Waals surface area contributed by atoms with E-state index in [1.807, 2.05) is 0 Å². The summed E-state index contributed by atoms with van der Waals surface area (Å²) in [6, 6.07) is 8.75. The molecule has 7 heteroatoms. The van der Waals surface area contributed by atoms with Crippen molar-refractivity contribution in [3.63, 3.8) is 0 Å². The standard InChI is InChI=1S/C12H12N4O3/c1-15-11(17)9(10(13)14-19)7-16(12(15)18)8-5-3-2-4-6-8/h2-7,19H,1H3,(H2,13,14). The number of para-hydroxylation sites is 1. The highest BCUT2D eigenvalue weighted by Crippen LogP contribution is 2.03. The molecule has 0 unspecified atom stereocenters. The molecule has 98 valence electrons. The van der Waals surface area contributed by atoms with E-state index in [-0.39, 0.29) is 11.4 Å². The molecule has 19 heavy (non-hydrogen) atoms. The highest BCUT2D eigenvalue weighted by molar-refractivity contribution is 5.96. The molecule has 0 spiro atoms. The van der Waals surface area contributed by atoms with Crippen LogP contribution in [-0.2, 0) is 7.05 Å². The largest absolute Gasteiger partial charge is 0.409 e. The monoisotopic (exact) mass is 260 g/mol. The van der Waals surface area contributed by atoms with Crippen molar-refractivity contribution in [2.45, 2.75) is 0 Å². The van der Waals surface area contributed by atoms with Gasteiger partial charge in [0.25, 0.3) is 5.56 Å². The Kier molecular flexibility index (Phi) is 3.19. The quantitative estimate of drug-likeness (QED) is 0.333. The summed E-state index contributed by atoms with van der Waals surface area (Å²) < 4.78 is 2.16. The Morgan fingerprint density at radius 2 is 1.89 bits per heavy atom. The van der Waals surface area contributed by atoms with Crippen LogP contribution < -0.4 is 17.0 Å². The molecular weight excluding hydrogens is 248 g/mol. The summed E-state index contributed by atoms with van der Waals surface area (Å²) in [5.41, 5.74) is 4.84. The molecule has 1 aromatic carbocycles. The summed E-state index contributed by atoms with van der Waals surface area (Å²) >= 11 is 0. The molecule has 2 aromatic rings. The maximum atomic E-state index is 12.0. The number of rotatable bonds is 2. The lowest BCUT2D eigenvalue weighted by molar-refractivity contribution is 0.318. The molecule has 1 heterocycles. The van der Waals surface area contributed by atoms with Crippen molar-refractivity contribution < 1.29 is 5.21 Å². The van der Waals surface area contributed by atoms with Gasteiger partial charge in [0, 0.05) is 13.2 Å². The normalized spacial score (nSPS) is 11.5. The molecular formula is C12H12N4O3. The summed E-state index contributed by atoms with van der Waals surface area (Å²) in [6.45, 7) is 0. The fraction of sp³-hybridized carbons (Fsp3) is 0.0833. The van der Waals surface area contributed by atoms with Gasteiger partial charge in [0.1, 0.15) is 5.56 Å². The second kappa shape index (κ2) is 4.81. The Hall–Kier alpha value is -2.83. The zero-order valence-electron chi connectivity index (χ0n) is 10.1. The Balaban J connectivity index is 2.81. The van der Waals surface area contributed by atoms with E-state index in [1.54, 1.807) is 30.3 Å². The molecule has 2 rings (SSSR count). The van der Waals surface area contributed by atoms with E-state index in [0.717, 1.165) is 4.57 Å². The zero-order valence-corrected chi connectivity index (χ0v) is 10.1. The van der Waals surface area contributed by atoms with Crippen LogP contribution in [0.5, 0.6) is 0 Å². The van der Waals surface area contributed by atoms with Gasteiger partial charge in [-0.2, -0.15) is 0 Å². The lowest BCUT2D eigenvalue weighted by Crippen LogP contribution is -2.41. The fourth-order valence-corrected chi connectivity index (χ4v) is 1.67. The van der Waals surface area contributed by atoms with Crippen molar-refractivity contribution in [1.29, 1.82) is 0 Å². The van der Waals surface area contributed by atoms with Gasteiger partial charge < -0.3 is 10.9 Å². The van der Waals surface area contributed by atoms with Crippen LogP contribution in [0.3, 0.4) is 0 Å². The summed E-state index contributed by atoms with van der Waals surface area (Å²) in [5, 5.41) is 11.5. The van der Waals surface area contributed by atoms with Gasteiger partial charge in [-0.05, 0) is 12.1 Å². The molecule has 3 N–H and O–H groups in total. The van der Waals surface area contributed by atoms with Crippen LogP contribution in [0.2, 0.25) is 0 Å². The Bertz CT molecular complexity index is 744. The fourth-order valence-electron chi connectivity index (χ4n) is 1.67. The van der Waals surface area contributed by atoms with Crippen molar-refractivity contribution in [2.75, 3.05) is 0 Å². The Morgan fingerprint density at radius 3 is 2.47 bits per heavy atom. The molecule has 0 aliphatic rings. The molecule has 0 saturated carbocycles. The molecule has 0 bridgehead atoms. The van der Waals surface area contributed by atoms with E-state index < -0.39 is 11.2 Å². The number of amidine groups is 1. The minimum absolute atomic E-state index is 0.0477. The van der Waals surface area contributed by atoms with E-state index in [4.69, 9.17) is 10.9 Å². The van der Waals surface area contributed by atoms with E-state index in [0.29, 0.717) is 5.69 Å². The maximum Gasteiger partial charge on any atom is 0.335 e. The van der Waals surface area contributed by atoms with Gasteiger partial charge >= 0.3 is 5.69 Å². The van der Waals surface area contributed by atoms with Crippen LogP contribution in [0.15, 0.2) is 51.3 Å². The predicted molar refractivity (Wildman–Crippen MR) is 69.8 cm³/mol.